The zero-order valence-electron chi connectivity index (χ0n) is 14.5. The molecule has 0 N–H and O–H groups in total. The molecular formula is C15H23HgO8. The minimum atomic E-state index is -0.838. The fraction of sp³-hybridized carbons (Fsp3) is 0.800. The van der Waals surface area contributed by atoms with Crippen molar-refractivity contribution in [3.05, 3.63) is 0 Å². The Balaban J connectivity index is 3.01. The van der Waals surface area contributed by atoms with Crippen molar-refractivity contribution in [2.45, 2.75) is 62.1 Å². The molecule has 24 heavy (non-hydrogen) atoms. The van der Waals surface area contributed by atoms with Gasteiger partial charge in [-0.2, -0.15) is 0 Å². The molecule has 9 heteroatoms. The van der Waals surface area contributed by atoms with Crippen molar-refractivity contribution < 1.29 is 64.2 Å². The van der Waals surface area contributed by atoms with Crippen LogP contribution >= 0.6 is 0 Å². The molecule has 0 spiro atoms. The van der Waals surface area contributed by atoms with Gasteiger partial charge in [0.05, 0.1) is 0 Å². The summed E-state index contributed by atoms with van der Waals surface area (Å²) in [5, 5.41) is 0. The summed E-state index contributed by atoms with van der Waals surface area (Å²) in [4.78, 5) is 34.0. The second-order valence-electron chi connectivity index (χ2n) is 5.53. The molecule has 0 bridgehead atoms. The van der Waals surface area contributed by atoms with E-state index in [2.05, 4.69) is 0 Å². The van der Waals surface area contributed by atoms with Crippen LogP contribution in [0.2, 0.25) is 3.43 Å². The topological polar surface area (TPSA) is 97.4 Å². The number of esters is 3. The molecule has 1 aliphatic rings. The van der Waals surface area contributed by atoms with E-state index < -0.39 is 42.5 Å². The molecule has 0 radical (unpaired) electrons. The second-order valence-corrected chi connectivity index (χ2v) is 9.19. The molecule has 1 aliphatic heterocycles. The maximum absolute atomic E-state index is 11.5. The van der Waals surface area contributed by atoms with Crippen LogP contribution in [0.25, 0.3) is 0 Å². The van der Waals surface area contributed by atoms with E-state index in [0.29, 0.717) is 6.61 Å². The summed E-state index contributed by atoms with van der Waals surface area (Å²) in [7, 11) is 0. The summed E-state index contributed by atoms with van der Waals surface area (Å²) in [5.74, 6) is -1.48. The molecule has 133 valence electrons. The predicted octanol–water partition coefficient (Wildman–Crippen LogP) is 0.900. The summed E-state index contributed by atoms with van der Waals surface area (Å²) in [6.45, 7) is 6.18. The van der Waals surface area contributed by atoms with E-state index in [0.717, 1.165) is 6.42 Å². The Morgan fingerprint density at radius 3 is 2.08 bits per heavy atom. The third-order valence-electron chi connectivity index (χ3n) is 3.31. The van der Waals surface area contributed by atoms with Crippen LogP contribution in [-0.4, -0.2) is 55.7 Å². The summed E-state index contributed by atoms with van der Waals surface area (Å²) >= 11 is 0.117. The van der Waals surface area contributed by atoms with E-state index in [9.17, 15) is 14.4 Å². The molecule has 5 unspecified atom stereocenters. The molecule has 1 rings (SSSR count). The number of carbonyl (C=O) groups is 3. The van der Waals surface area contributed by atoms with Gasteiger partial charge in [0.1, 0.15) is 0 Å². The van der Waals surface area contributed by atoms with Crippen LogP contribution in [0.15, 0.2) is 0 Å². The zero-order valence-corrected chi connectivity index (χ0v) is 20.0. The standard InChI is InChI=1S/C15H23O8.Hg/c1-5-6-19-14-7-12(21-10(3)17)15(22-11(4)18)13(23-14)8-20-9(2)16;/h7,12-15H,5-6,8H2,1-4H3;. The molecule has 5 atom stereocenters. The van der Waals surface area contributed by atoms with Gasteiger partial charge in [-0.05, 0) is 0 Å². The summed E-state index contributed by atoms with van der Waals surface area (Å²) < 4.78 is 27.1. The molecule has 0 aliphatic carbocycles. The molecule has 1 fully saturated rings. The van der Waals surface area contributed by atoms with E-state index in [1.807, 2.05) is 6.92 Å². The molecule has 0 amide bonds. The fourth-order valence-electron chi connectivity index (χ4n) is 2.37. The van der Waals surface area contributed by atoms with Crippen molar-refractivity contribution in [3.63, 3.8) is 0 Å². The van der Waals surface area contributed by atoms with Crippen molar-refractivity contribution in [1.82, 2.24) is 0 Å². The van der Waals surface area contributed by atoms with Crippen LogP contribution in [0.3, 0.4) is 0 Å². The Kier molecular flexibility index (Phi) is 9.14. The summed E-state index contributed by atoms with van der Waals surface area (Å²) in [5.41, 5.74) is 0. The van der Waals surface area contributed by atoms with Gasteiger partial charge in [-0.15, -0.1) is 0 Å². The van der Waals surface area contributed by atoms with Gasteiger partial charge in [0.15, 0.2) is 0 Å². The molecule has 1 heterocycles. The molecular weight excluding hydrogens is 509 g/mol. The van der Waals surface area contributed by atoms with Gasteiger partial charge in [-0.1, -0.05) is 0 Å². The van der Waals surface area contributed by atoms with Gasteiger partial charge in [0.2, 0.25) is 0 Å². The van der Waals surface area contributed by atoms with Gasteiger partial charge in [-0.25, -0.2) is 0 Å². The maximum atomic E-state index is 11.5. The Morgan fingerprint density at radius 1 is 1.00 bits per heavy atom. The van der Waals surface area contributed by atoms with Gasteiger partial charge in [0.25, 0.3) is 0 Å². The fourth-order valence-corrected chi connectivity index (χ4v) is 4.75. The molecule has 0 aromatic rings. The van der Waals surface area contributed by atoms with Crippen molar-refractivity contribution >= 4 is 17.9 Å². The van der Waals surface area contributed by atoms with Gasteiger partial charge in [0, 0.05) is 0 Å². The van der Waals surface area contributed by atoms with E-state index in [-0.39, 0.29) is 36.2 Å². The second kappa shape index (κ2) is 10.3. The Bertz CT molecular complexity index is 455. The number of rotatable bonds is 7. The molecule has 0 aromatic carbocycles. The molecule has 1 saturated heterocycles. The number of hydrogen-bond acceptors (Lipinski definition) is 8. The number of ether oxygens (including phenoxy) is 5. The van der Waals surface area contributed by atoms with Crippen molar-refractivity contribution in [3.8, 4) is 0 Å². The Hall–Kier alpha value is -0.735. The Morgan fingerprint density at radius 2 is 1.58 bits per heavy atom. The SMILES string of the molecule is CCCOC1OC(COC(C)=O)C(OC(C)=O)C(OC(C)=O)[CH]1[Hg]. The van der Waals surface area contributed by atoms with E-state index in [1.54, 1.807) is 0 Å². The normalized spacial score (nSPS) is 29.7. The van der Waals surface area contributed by atoms with Gasteiger partial charge in [-0.3, -0.25) is 0 Å². The monoisotopic (exact) mass is 533 g/mol. The quantitative estimate of drug-likeness (QED) is 0.272. The molecule has 0 saturated carbocycles. The van der Waals surface area contributed by atoms with Crippen LogP contribution < -0.4 is 0 Å². The minimum absolute atomic E-state index is 0.114. The average Bonchev–Trinajstić information content (AvgIpc) is 2.48. The first kappa shape index (κ1) is 21.3. The molecule has 8 nitrogen and oxygen atoms in total. The van der Waals surface area contributed by atoms with Crippen LogP contribution in [-0.2, 0) is 64.2 Å². The van der Waals surface area contributed by atoms with E-state index in [1.165, 1.54) is 20.8 Å². The van der Waals surface area contributed by atoms with E-state index >= 15 is 0 Å². The summed E-state index contributed by atoms with van der Waals surface area (Å²) in [6, 6.07) is 0. The van der Waals surface area contributed by atoms with E-state index in [4.69, 9.17) is 23.7 Å². The number of carbonyl (C=O) groups excluding carboxylic acids is 3. The zero-order chi connectivity index (χ0) is 18.3. The predicted molar refractivity (Wildman–Crippen MR) is 76.4 cm³/mol. The van der Waals surface area contributed by atoms with Crippen molar-refractivity contribution in [1.29, 1.82) is 0 Å². The van der Waals surface area contributed by atoms with Crippen LogP contribution in [0.1, 0.15) is 34.1 Å². The van der Waals surface area contributed by atoms with Crippen LogP contribution in [0.4, 0.5) is 0 Å². The first-order chi connectivity index (χ1) is 11.3. The van der Waals surface area contributed by atoms with Gasteiger partial charge < -0.3 is 0 Å². The van der Waals surface area contributed by atoms with Crippen molar-refractivity contribution in [2.24, 2.45) is 0 Å². The average molecular weight is 532 g/mol. The Labute approximate surface area is 157 Å². The summed E-state index contributed by atoms with van der Waals surface area (Å²) in [6.07, 6.45) is -2.05. The van der Waals surface area contributed by atoms with Crippen molar-refractivity contribution in [2.75, 3.05) is 13.2 Å². The van der Waals surface area contributed by atoms with Crippen LogP contribution in [0.5, 0.6) is 0 Å². The number of hydrogen-bond donors (Lipinski definition) is 0. The third kappa shape index (κ3) is 6.64. The van der Waals surface area contributed by atoms with Gasteiger partial charge >= 0.3 is 157 Å². The third-order valence-corrected chi connectivity index (χ3v) is 6.61. The van der Waals surface area contributed by atoms with Crippen LogP contribution in [0, 0.1) is 0 Å². The first-order valence-electron chi connectivity index (χ1n) is 7.84. The first-order valence-corrected chi connectivity index (χ1v) is 11.0. The molecule has 0 aromatic heterocycles.